The third-order valence-corrected chi connectivity index (χ3v) is 7.51. The molecule has 3 aromatic rings. The van der Waals surface area contributed by atoms with Crippen LogP contribution in [0.2, 0.25) is 0 Å². The van der Waals surface area contributed by atoms with Crippen molar-refractivity contribution >= 4 is 17.4 Å². The molecule has 37 heavy (non-hydrogen) atoms. The summed E-state index contributed by atoms with van der Waals surface area (Å²) >= 11 is 0. The molecule has 2 heterocycles. The third kappa shape index (κ3) is 5.56. The minimum Gasteiger partial charge on any atom is -0.457 e. The molecule has 1 amide bonds. The Hall–Kier alpha value is -4.00. The highest BCUT2D eigenvalue weighted by molar-refractivity contribution is 6.16. The summed E-state index contributed by atoms with van der Waals surface area (Å²) in [6.45, 7) is 5.74. The largest absolute Gasteiger partial charge is 0.457 e. The van der Waals surface area contributed by atoms with E-state index in [9.17, 15) is 4.79 Å². The number of benzene rings is 2. The van der Waals surface area contributed by atoms with E-state index < -0.39 is 0 Å². The summed E-state index contributed by atoms with van der Waals surface area (Å²) in [5.41, 5.74) is 9.96. The van der Waals surface area contributed by atoms with Gasteiger partial charge in [-0.15, -0.1) is 0 Å². The number of fused-ring (bicyclic) bond motifs is 1. The Labute approximate surface area is 217 Å². The number of carbonyl (C=O) groups is 1. The normalized spacial score (nSPS) is 22.9. The summed E-state index contributed by atoms with van der Waals surface area (Å²) in [6.07, 6.45) is 7.98. The van der Waals surface area contributed by atoms with Gasteiger partial charge in [-0.3, -0.25) is 9.79 Å². The van der Waals surface area contributed by atoms with Crippen LogP contribution in [0, 0.1) is 5.92 Å². The molecule has 2 atom stereocenters. The van der Waals surface area contributed by atoms with Crippen LogP contribution in [0.1, 0.15) is 61.8 Å². The molecule has 2 unspecified atom stereocenters. The van der Waals surface area contributed by atoms with E-state index in [-0.39, 0.29) is 23.9 Å². The maximum Gasteiger partial charge on any atom is 0.243 e. The van der Waals surface area contributed by atoms with Crippen molar-refractivity contribution in [2.24, 2.45) is 10.9 Å². The molecule has 7 heteroatoms. The topological polar surface area (TPSA) is 102 Å². The van der Waals surface area contributed by atoms with Gasteiger partial charge in [0.05, 0.1) is 23.0 Å². The van der Waals surface area contributed by atoms with E-state index in [0.29, 0.717) is 11.7 Å². The van der Waals surface area contributed by atoms with Gasteiger partial charge in [-0.1, -0.05) is 31.7 Å². The van der Waals surface area contributed by atoms with E-state index in [4.69, 9.17) is 15.5 Å². The zero-order valence-corrected chi connectivity index (χ0v) is 21.1. The van der Waals surface area contributed by atoms with Gasteiger partial charge in [0.2, 0.25) is 5.91 Å². The van der Waals surface area contributed by atoms with Crippen molar-refractivity contribution in [1.29, 1.82) is 0 Å². The van der Waals surface area contributed by atoms with Crippen LogP contribution in [-0.4, -0.2) is 33.7 Å². The van der Waals surface area contributed by atoms with Gasteiger partial charge in [0.15, 0.2) is 0 Å². The standard InChI is InChI=1S/C30H33N5O2/c1-3-26(36)34-22-13-9-20(10-14-22)17-25-19(2)28-27(30(31)33-18-32-28)29(35-25)21-11-15-24(16-12-21)37-23-7-5-4-6-8-23/h3-8,11-12,15-16,18-20,22,25H,1,9-10,13-14,17H2,2H3,(H,34,36)(H2,31,32,33). The van der Waals surface area contributed by atoms with E-state index in [0.717, 1.165) is 66.1 Å². The summed E-state index contributed by atoms with van der Waals surface area (Å²) in [7, 11) is 0. The number of nitrogens with one attached hydrogen (secondary N) is 1. The van der Waals surface area contributed by atoms with Crippen LogP contribution in [-0.2, 0) is 4.79 Å². The van der Waals surface area contributed by atoms with E-state index in [1.54, 1.807) is 6.33 Å². The van der Waals surface area contributed by atoms with Crippen molar-refractivity contribution in [2.75, 3.05) is 5.73 Å². The Morgan fingerprint density at radius 3 is 2.46 bits per heavy atom. The number of nitrogens with zero attached hydrogens (tertiary/aromatic N) is 3. The molecule has 5 rings (SSSR count). The number of nitrogen functional groups attached to an aromatic ring is 1. The molecule has 2 aromatic carbocycles. The van der Waals surface area contributed by atoms with Crippen molar-refractivity contribution in [3.8, 4) is 11.5 Å². The molecule has 7 nitrogen and oxygen atoms in total. The fourth-order valence-electron chi connectivity index (χ4n) is 5.45. The number of carbonyl (C=O) groups excluding carboxylic acids is 1. The number of hydrogen-bond acceptors (Lipinski definition) is 6. The smallest absolute Gasteiger partial charge is 0.243 e. The Bertz CT molecular complexity index is 1280. The van der Waals surface area contributed by atoms with Crippen molar-refractivity contribution < 1.29 is 9.53 Å². The van der Waals surface area contributed by atoms with Crippen LogP contribution < -0.4 is 15.8 Å². The van der Waals surface area contributed by atoms with Gasteiger partial charge < -0.3 is 15.8 Å². The lowest BCUT2D eigenvalue weighted by Gasteiger charge is -2.34. The zero-order valence-electron chi connectivity index (χ0n) is 21.1. The monoisotopic (exact) mass is 495 g/mol. The first-order valence-corrected chi connectivity index (χ1v) is 13.0. The van der Waals surface area contributed by atoms with Crippen molar-refractivity contribution in [3.63, 3.8) is 0 Å². The molecule has 0 saturated heterocycles. The molecule has 1 saturated carbocycles. The molecule has 0 radical (unpaired) electrons. The first kappa shape index (κ1) is 24.7. The first-order chi connectivity index (χ1) is 18.0. The van der Waals surface area contributed by atoms with Gasteiger partial charge in [0, 0.05) is 17.5 Å². The summed E-state index contributed by atoms with van der Waals surface area (Å²) < 4.78 is 5.97. The molecule has 190 valence electrons. The summed E-state index contributed by atoms with van der Waals surface area (Å²) in [5.74, 6) is 2.61. The summed E-state index contributed by atoms with van der Waals surface area (Å²) in [5, 5.41) is 3.04. The van der Waals surface area contributed by atoms with Gasteiger partial charge in [0.1, 0.15) is 23.6 Å². The van der Waals surface area contributed by atoms with Crippen molar-refractivity contribution in [3.05, 3.63) is 90.4 Å². The summed E-state index contributed by atoms with van der Waals surface area (Å²) in [4.78, 5) is 25.9. The maximum absolute atomic E-state index is 11.7. The van der Waals surface area contributed by atoms with Crippen LogP contribution in [0.5, 0.6) is 11.5 Å². The molecule has 2 aliphatic rings. The first-order valence-electron chi connectivity index (χ1n) is 13.0. The molecular weight excluding hydrogens is 462 g/mol. The van der Waals surface area contributed by atoms with Crippen LogP contribution >= 0.6 is 0 Å². The molecule has 1 aliphatic heterocycles. The number of nitrogens with two attached hydrogens (primary N) is 1. The van der Waals surface area contributed by atoms with E-state index >= 15 is 0 Å². The predicted molar refractivity (Wildman–Crippen MR) is 146 cm³/mol. The number of rotatable bonds is 7. The molecular formula is C30H33N5O2. The number of amides is 1. The Morgan fingerprint density at radius 1 is 1.05 bits per heavy atom. The molecule has 1 aliphatic carbocycles. The van der Waals surface area contributed by atoms with Gasteiger partial charge in [0.25, 0.3) is 0 Å². The number of aromatic nitrogens is 2. The molecule has 0 spiro atoms. The second kappa shape index (κ2) is 10.9. The molecule has 3 N–H and O–H groups in total. The number of aliphatic imine (C=N–C) groups is 1. The Kier molecular flexibility index (Phi) is 7.30. The van der Waals surface area contributed by atoms with Gasteiger partial charge in [-0.05, 0) is 80.5 Å². The quantitative estimate of drug-likeness (QED) is 0.426. The fourth-order valence-corrected chi connectivity index (χ4v) is 5.45. The Morgan fingerprint density at radius 2 is 1.76 bits per heavy atom. The van der Waals surface area contributed by atoms with E-state index in [2.05, 4.69) is 28.8 Å². The average molecular weight is 496 g/mol. The second-order valence-electron chi connectivity index (χ2n) is 9.96. The molecule has 1 aromatic heterocycles. The number of hydrogen-bond donors (Lipinski definition) is 2. The van der Waals surface area contributed by atoms with Gasteiger partial charge in [-0.2, -0.15) is 0 Å². The number of ether oxygens (including phenoxy) is 1. The predicted octanol–water partition coefficient (Wildman–Crippen LogP) is 5.43. The second-order valence-corrected chi connectivity index (χ2v) is 9.96. The molecule has 0 bridgehead atoms. The summed E-state index contributed by atoms with van der Waals surface area (Å²) in [6, 6.07) is 18.0. The van der Waals surface area contributed by atoms with Crippen LogP contribution in [0.25, 0.3) is 0 Å². The van der Waals surface area contributed by atoms with Crippen molar-refractivity contribution in [1.82, 2.24) is 15.3 Å². The van der Waals surface area contributed by atoms with Gasteiger partial charge >= 0.3 is 0 Å². The molecule has 1 fully saturated rings. The van der Waals surface area contributed by atoms with Crippen LogP contribution in [0.3, 0.4) is 0 Å². The lowest BCUT2D eigenvalue weighted by Crippen LogP contribution is -2.37. The lowest BCUT2D eigenvalue weighted by molar-refractivity contribution is -0.117. The highest BCUT2D eigenvalue weighted by Gasteiger charge is 2.34. The van der Waals surface area contributed by atoms with Crippen LogP contribution in [0.15, 0.2) is 78.6 Å². The van der Waals surface area contributed by atoms with Crippen LogP contribution in [0.4, 0.5) is 5.82 Å². The van der Waals surface area contributed by atoms with E-state index in [1.165, 1.54) is 6.08 Å². The van der Waals surface area contributed by atoms with E-state index in [1.807, 2.05) is 54.6 Å². The third-order valence-electron chi connectivity index (χ3n) is 7.51. The minimum atomic E-state index is -0.0901. The number of para-hydroxylation sites is 1. The zero-order chi connectivity index (χ0) is 25.8. The minimum absolute atomic E-state index is 0.0901. The van der Waals surface area contributed by atoms with Gasteiger partial charge in [-0.25, -0.2) is 9.97 Å². The highest BCUT2D eigenvalue weighted by atomic mass is 16.5. The highest BCUT2D eigenvalue weighted by Crippen LogP contribution is 2.38. The lowest BCUT2D eigenvalue weighted by atomic mass is 9.78. The SMILES string of the molecule is C=CC(=O)NC1CCC(CC2N=C(c3ccc(Oc4ccccc4)cc3)c3c(N)ncnc3C2C)CC1. The fraction of sp³-hybridized carbons (Fsp3) is 0.333. The van der Waals surface area contributed by atoms with Crippen molar-refractivity contribution in [2.45, 2.75) is 57.0 Å². The maximum atomic E-state index is 11.7. The Balaban J connectivity index is 1.36. The average Bonchev–Trinajstić information content (AvgIpc) is 2.92. The number of anilines is 1.